The first-order valence-electron chi connectivity index (χ1n) is 6.74. The van der Waals surface area contributed by atoms with Gasteiger partial charge >= 0.3 is 0 Å². The van der Waals surface area contributed by atoms with Gasteiger partial charge in [-0.2, -0.15) is 0 Å². The Morgan fingerprint density at radius 1 is 1.21 bits per heavy atom. The van der Waals surface area contributed by atoms with Gasteiger partial charge in [0.2, 0.25) is 0 Å². The van der Waals surface area contributed by atoms with E-state index in [9.17, 15) is 19.3 Å². The van der Waals surface area contributed by atoms with Crippen LogP contribution in [0.4, 0.5) is 15.8 Å². The third kappa shape index (κ3) is 3.06. The van der Waals surface area contributed by atoms with Crippen molar-refractivity contribution in [1.82, 2.24) is 0 Å². The molecule has 0 spiro atoms. The Morgan fingerprint density at radius 3 is 2.67 bits per heavy atom. The summed E-state index contributed by atoms with van der Waals surface area (Å²) < 4.78 is 14.0. The van der Waals surface area contributed by atoms with Gasteiger partial charge in [0.25, 0.3) is 11.6 Å². The molecule has 1 aliphatic rings. The number of non-ortho nitro benzene ring substituents is 1. The molecule has 1 fully saturated rings. The van der Waals surface area contributed by atoms with Crippen molar-refractivity contribution in [3.8, 4) is 0 Å². The van der Waals surface area contributed by atoms with E-state index in [4.69, 9.17) is 12.2 Å². The van der Waals surface area contributed by atoms with Gasteiger partial charge in [-0.15, -0.1) is 0 Å². The number of thioether (sulfide) groups is 1. The van der Waals surface area contributed by atoms with Crippen LogP contribution >= 0.6 is 24.0 Å². The molecule has 1 aliphatic heterocycles. The summed E-state index contributed by atoms with van der Waals surface area (Å²) in [6.45, 7) is 0. The van der Waals surface area contributed by atoms with Gasteiger partial charge in [0.15, 0.2) is 4.32 Å². The number of amides is 1. The lowest BCUT2D eigenvalue weighted by atomic mass is 10.2. The fraction of sp³-hybridized carbons (Fsp3) is 0. The number of hydrogen-bond donors (Lipinski definition) is 0. The molecule has 120 valence electrons. The van der Waals surface area contributed by atoms with Crippen molar-refractivity contribution < 1.29 is 14.1 Å². The normalized spacial score (nSPS) is 16.0. The summed E-state index contributed by atoms with van der Waals surface area (Å²) in [5.74, 6) is -0.883. The lowest BCUT2D eigenvalue weighted by Gasteiger charge is -2.13. The maximum atomic E-state index is 13.7. The molecule has 1 amide bonds. The molecule has 24 heavy (non-hydrogen) atoms. The maximum Gasteiger partial charge on any atom is 0.271 e. The van der Waals surface area contributed by atoms with E-state index in [0.717, 1.165) is 11.8 Å². The average molecular weight is 360 g/mol. The van der Waals surface area contributed by atoms with E-state index in [2.05, 4.69) is 0 Å². The van der Waals surface area contributed by atoms with E-state index in [0.29, 0.717) is 5.69 Å². The number of benzene rings is 2. The first-order valence-corrected chi connectivity index (χ1v) is 7.97. The van der Waals surface area contributed by atoms with Crippen molar-refractivity contribution in [2.45, 2.75) is 0 Å². The maximum absolute atomic E-state index is 13.7. The summed E-state index contributed by atoms with van der Waals surface area (Å²) in [6.07, 6.45) is 1.42. The zero-order valence-corrected chi connectivity index (χ0v) is 13.6. The van der Waals surface area contributed by atoms with Gasteiger partial charge in [-0.25, -0.2) is 4.39 Å². The Kier molecular flexibility index (Phi) is 4.41. The summed E-state index contributed by atoms with van der Waals surface area (Å²) in [4.78, 5) is 24.4. The Morgan fingerprint density at radius 2 is 1.96 bits per heavy atom. The van der Waals surface area contributed by atoms with Crippen LogP contribution in [0.3, 0.4) is 0 Å². The van der Waals surface area contributed by atoms with Gasteiger partial charge in [0, 0.05) is 17.7 Å². The minimum absolute atomic E-state index is 0.139. The van der Waals surface area contributed by atoms with Crippen LogP contribution in [0, 0.1) is 15.9 Å². The fourth-order valence-electron chi connectivity index (χ4n) is 2.17. The minimum Gasteiger partial charge on any atom is -0.268 e. The summed E-state index contributed by atoms with van der Waals surface area (Å²) >= 11 is 6.23. The van der Waals surface area contributed by atoms with Crippen molar-refractivity contribution >= 4 is 51.7 Å². The summed E-state index contributed by atoms with van der Waals surface area (Å²) in [5.41, 5.74) is 0.445. The van der Waals surface area contributed by atoms with E-state index >= 15 is 0 Å². The number of carbonyl (C=O) groups excluding carboxylic acids is 1. The largest absolute Gasteiger partial charge is 0.271 e. The Balaban J connectivity index is 1.97. The van der Waals surface area contributed by atoms with Crippen LogP contribution in [-0.4, -0.2) is 15.2 Å². The molecule has 3 rings (SSSR count). The summed E-state index contributed by atoms with van der Waals surface area (Å²) in [5, 5.41) is 10.9. The second kappa shape index (κ2) is 6.50. The fourth-order valence-corrected chi connectivity index (χ4v) is 3.46. The zero-order valence-electron chi connectivity index (χ0n) is 12.0. The molecular weight excluding hydrogens is 351 g/mol. The molecule has 0 aliphatic carbocycles. The number of thiocarbonyl (C=S) groups is 1. The Hall–Kier alpha value is -2.58. The Labute approximate surface area is 145 Å². The van der Waals surface area contributed by atoms with Gasteiger partial charge < -0.3 is 0 Å². The number of nitro groups is 1. The number of nitro benzene ring substituents is 1. The van der Waals surface area contributed by atoms with Gasteiger partial charge in [0.1, 0.15) is 5.82 Å². The minimum atomic E-state index is -0.545. The molecule has 0 atom stereocenters. The highest BCUT2D eigenvalue weighted by molar-refractivity contribution is 8.27. The molecule has 0 radical (unpaired) electrons. The van der Waals surface area contributed by atoms with Crippen LogP contribution < -0.4 is 4.90 Å². The molecule has 0 N–H and O–H groups in total. The third-order valence-corrected chi connectivity index (χ3v) is 4.59. The van der Waals surface area contributed by atoms with E-state index in [1.54, 1.807) is 24.3 Å². The smallest absolute Gasteiger partial charge is 0.268 e. The standard InChI is InChI=1S/C16H9FN2O3S2/c17-13-7-2-1-4-10(13)8-14-15(20)18(16(23)24-14)11-5-3-6-12(9-11)19(21)22/h1-9H/b14-8-. The summed E-state index contributed by atoms with van der Waals surface area (Å²) in [7, 11) is 0. The van der Waals surface area contributed by atoms with Crippen molar-refractivity contribution in [2.24, 2.45) is 0 Å². The molecule has 2 aromatic rings. The molecular formula is C16H9FN2O3S2. The molecule has 5 nitrogen and oxygen atoms in total. The highest BCUT2D eigenvalue weighted by atomic mass is 32.2. The van der Waals surface area contributed by atoms with Crippen LogP contribution in [0.5, 0.6) is 0 Å². The number of anilines is 1. The van der Waals surface area contributed by atoms with Crippen LogP contribution in [0.25, 0.3) is 6.08 Å². The second-order valence-electron chi connectivity index (χ2n) is 4.82. The van der Waals surface area contributed by atoms with Crippen LogP contribution in [-0.2, 0) is 4.79 Å². The van der Waals surface area contributed by atoms with Crippen LogP contribution in [0.1, 0.15) is 5.56 Å². The zero-order chi connectivity index (χ0) is 17.3. The first kappa shape index (κ1) is 16.3. The predicted molar refractivity (Wildman–Crippen MR) is 95.1 cm³/mol. The highest BCUT2D eigenvalue weighted by Crippen LogP contribution is 2.37. The van der Waals surface area contributed by atoms with Crippen molar-refractivity contribution in [1.29, 1.82) is 0 Å². The first-order chi connectivity index (χ1) is 11.5. The van der Waals surface area contributed by atoms with E-state index in [-0.39, 0.29) is 20.5 Å². The number of rotatable bonds is 3. The van der Waals surface area contributed by atoms with E-state index in [1.165, 1.54) is 35.2 Å². The molecule has 2 aromatic carbocycles. The van der Waals surface area contributed by atoms with E-state index < -0.39 is 16.6 Å². The molecule has 0 saturated carbocycles. The lowest BCUT2D eigenvalue weighted by Crippen LogP contribution is -2.27. The van der Waals surface area contributed by atoms with Crippen molar-refractivity contribution in [3.05, 3.63) is 74.9 Å². The molecule has 0 bridgehead atoms. The van der Waals surface area contributed by atoms with Gasteiger partial charge in [-0.3, -0.25) is 19.8 Å². The quantitative estimate of drug-likeness (QED) is 0.356. The molecule has 0 unspecified atom stereocenters. The monoisotopic (exact) mass is 360 g/mol. The average Bonchev–Trinajstić information content (AvgIpc) is 2.83. The number of nitrogens with zero attached hydrogens (tertiary/aromatic N) is 2. The topological polar surface area (TPSA) is 63.5 Å². The van der Waals surface area contributed by atoms with Crippen LogP contribution in [0.15, 0.2) is 53.4 Å². The molecule has 1 saturated heterocycles. The van der Waals surface area contributed by atoms with E-state index in [1.807, 2.05) is 0 Å². The molecule has 0 aromatic heterocycles. The second-order valence-corrected chi connectivity index (χ2v) is 6.49. The number of carbonyl (C=O) groups is 1. The van der Waals surface area contributed by atoms with Crippen molar-refractivity contribution in [2.75, 3.05) is 4.90 Å². The van der Waals surface area contributed by atoms with Crippen molar-refractivity contribution in [3.63, 3.8) is 0 Å². The van der Waals surface area contributed by atoms with Crippen LogP contribution in [0.2, 0.25) is 0 Å². The third-order valence-electron chi connectivity index (χ3n) is 3.28. The molecule has 1 heterocycles. The van der Waals surface area contributed by atoms with Gasteiger partial charge in [-0.1, -0.05) is 48.2 Å². The Bertz CT molecular complexity index is 898. The highest BCUT2D eigenvalue weighted by Gasteiger charge is 2.34. The molecule has 8 heteroatoms. The predicted octanol–water partition coefficient (Wildman–Crippen LogP) is 4.14. The van der Waals surface area contributed by atoms with Gasteiger partial charge in [-0.05, 0) is 18.2 Å². The summed E-state index contributed by atoms with van der Waals surface area (Å²) in [6, 6.07) is 11.7. The SMILES string of the molecule is O=C1/C(=C/c2ccccc2F)SC(=S)N1c1cccc([N+](=O)[O-])c1. The number of halogens is 1. The lowest BCUT2D eigenvalue weighted by molar-refractivity contribution is -0.384. The van der Waals surface area contributed by atoms with Gasteiger partial charge in [0.05, 0.1) is 15.5 Å². The number of hydrogen-bond acceptors (Lipinski definition) is 5.